The number of benzene rings is 2. The summed E-state index contributed by atoms with van der Waals surface area (Å²) in [5, 5.41) is 2.77. The number of rotatable bonds is 6. The Bertz CT molecular complexity index is 783. The largest absolute Gasteiger partial charge is 0.457 e. The van der Waals surface area contributed by atoms with E-state index in [0.717, 1.165) is 6.42 Å². The van der Waals surface area contributed by atoms with E-state index in [1.54, 1.807) is 48.5 Å². The number of carbonyl (C=O) groups excluding carboxylic acids is 3. The highest BCUT2D eigenvalue weighted by molar-refractivity contribution is 6.04. The molecule has 0 radical (unpaired) electrons. The van der Waals surface area contributed by atoms with Gasteiger partial charge in [-0.05, 0) is 48.7 Å². The molecule has 2 aromatic carbocycles. The Morgan fingerprint density at radius 2 is 1.64 bits per heavy atom. The third-order valence-electron chi connectivity index (χ3n) is 4.26. The number of amides is 1. The Kier molecular flexibility index (Phi) is 4.93. The molecule has 0 bridgehead atoms. The molecular formula is C20H19NO4. The van der Waals surface area contributed by atoms with Gasteiger partial charge in [-0.25, -0.2) is 0 Å². The van der Waals surface area contributed by atoms with Crippen molar-refractivity contribution in [3.63, 3.8) is 0 Å². The fraction of sp³-hybridized carbons (Fsp3) is 0.250. The van der Waals surface area contributed by atoms with Crippen molar-refractivity contribution in [1.82, 2.24) is 0 Å². The van der Waals surface area contributed by atoms with Gasteiger partial charge < -0.3 is 10.1 Å². The van der Waals surface area contributed by atoms with Crippen LogP contribution in [0.2, 0.25) is 0 Å². The second-order valence-corrected chi connectivity index (χ2v) is 6.25. The zero-order valence-electron chi connectivity index (χ0n) is 13.9. The van der Waals surface area contributed by atoms with Gasteiger partial charge in [0.15, 0.2) is 12.4 Å². The second-order valence-electron chi connectivity index (χ2n) is 6.25. The van der Waals surface area contributed by atoms with E-state index in [1.165, 1.54) is 0 Å². The average Bonchev–Trinajstić information content (AvgIpc) is 3.37. The van der Waals surface area contributed by atoms with Gasteiger partial charge >= 0.3 is 5.97 Å². The minimum Gasteiger partial charge on any atom is -0.457 e. The lowest BCUT2D eigenvalue weighted by Gasteiger charge is -2.07. The van der Waals surface area contributed by atoms with Crippen molar-refractivity contribution in [2.45, 2.75) is 13.3 Å². The van der Waals surface area contributed by atoms with Crippen LogP contribution in [0.4, 0.5) is 5.69 Å². The number of esters is 1. The van der Waals surface area contributed by atoms with E-state index in [0.29, 0.717) is 22.7 Å². The van der Waals surface area contributed by atoms with E-state index in [1.807, 2.05) is 13.0 Å². The molecule has 0 aliphatic heterocycles. The van der Waals surface area contributed by atoms with Crippen molar-refractivity contribution in [2.75, 3.05) is 11.9 Å². The summed E-state index contributed by atoms with van der Waals surface area (Å²) in [5.41, 5.74) is 1.59. The van der Waals surface area contributed by atoms with Crippen molar-refractivity contribution in [2.24, 2.45) is 11.8 Å². The molecule has 0 aromatic heterocycles. The number of ether oxygens (including phenoxy) is 1. The molecule has 1 fully saturated rings. The molecule has 0 saturated heterocycles. The van der Waals surface area contributed by atoms with E-state index >= 15 is 0 Å². The summed E-state index contributed by atoms with van der Waals surface area (Å²) in [6, 6.07) is 15.4. The van der Waals surface area contributed by atoms with Crippen LogP contribution in [0.5, 0.6) is 0 Å². The standard InChI is InChI=1S/C20H19NO4/c1-13-11-17(13)20(24)25-12-18(22)14-7-9-16(10-8-14)21-19(23)15-5-3-2-4-6-15/h2-10,13,17H,11-12H2,1H3,(H,21,23)/t13-,17-/m1/s1. The van der Waals surface area contributed by atoms with Gasteiger partial charge in [0.05, 0.1) is 5.92 Å². The van der Waals surface area contributed by atoms with Crippen LogP contribution in [0, 0.1) is 11.8 Å². The number of ketones is 1. The molecule has 25 heavy (non-hydrogen) atoms. The quantitative estimate of drug-likeness (QED) is 0.648. The molecule has 5 heteroatoms. The molecule has 0 unspecified atom stereocenters. The minimum absolute atomic E-state index is 0.0524. The maximum atomic E-state index is 12.1. The summed E-state index contributed by atoms with van der Waals surface area (Å²) in [4.78, 5) is 35.8. The first-order valence-corrected chi connectivity index (χ1v) is 8.21. The summed E-state index contributed by atoms with van der Waals surface area (Å²) in [6.45, 7) is 1.73. The van der Waals surface area contributed by atoms with Crippen LogP contribution >= 0.6 is 0 Å². The highest BCUT2D eigenvalue weighted by Crippen LogP contribution is 2.38. The molecular weight excluding hydrogens is 318 g/mol. The van der Waals surface area contributed by atoms with E-state index in [-0.39, 0.29) is 30.2 Å². The predicted octanol–water partition coefficient (Wildman–Crippen LogP) is 3.32. The smallest absolute Gasteiger partial charge is 0.309 e. The highest BCUT2D eigenvalue weighted by atomic mass is 16.5. The van der Waals surface area contributed by atoms with Gasteiger partial charge in [0.2, 0.25) is 0 Å². The first-order valence-electron chi connectivity index (χ1n) is 8.21. The van der Waals surface area contributed by atoms with Crippen LogP contribution in [-0.2, 0) is 9.53 Å². The topological polar surface area (TPSA) is 72.5 Å². The summed E-state index contributed by atoms with van der Waals surface area (Å²) >= 11 is 0. The number of carbonyl (C=O) groups is 3. The normalized spacial score (nSPS) is 18.3. The maximum Gasteiger partial charge on any atom is 0.309 e. The monoisotopic (exact) mass is 337 g/mol. The van der Waals surface area contributed by atoms with Crippen LogP contribution in [0.1, 0.15) is 34.1 Å². The second kappa shape index (κ2) is 7.30. The van der Waals surface area contributed by atoms with Crippen LogP contribution < -0.4 is 5.32 Å². The van der Waals surface area contributed by atoms with Crippen molar-refractivity contribution in [3.05, 3.63) is 65.7 Å². The summed E-state index contributed by atoms with van der Waals surface area (Å²) in [6.07, 6.45) is 0.836. The lowest BCUT2D eigenvalue weighted by Crippen LogP contribution is -2.16. The molecule has 1 saturated carbocycles. The Labute approximate surface area is 146 Å². The molecule has 1 N–H and O–H groups in total. The number of hydrogen-bond donors (Lipinski definition) is 1. The van der Waals surface area contributed by atoms with E-state index in [4.69, 9.17) is 4.74 Å². The van der Waals surface area contributed by atoms with Crippen LogP contribution in [-0.4, -0.2) is 24.3 Å². The van der Waals surface area contributed by atoms with Crippen molar-refractivity contribution < 1.29 is 19.1 Å². The van der Waals surface area contributed by atoms with Gasteiger partial charge in [0.25, 0.3) is 5.91 Å². The molecule has 5 nitrogen and oxygen atoms in total. The number of anilines is 1. The number of hydrogen-bond acceptors (Lipinski definition) is 4. The number of Topliss-reactive ketones (excluding diaryl/α,β-unsaturated/α-hetero) is 1. The fourth-order valence-corrected chi connectivity index (χ4v) is 2.51. The summed E-state index contributed by atoms with van der Waals surface area (Å²) in [5.74, 6) is -0.471. The van der Waals surface area contributed by atoms with Gasteiger partial charge in [-0.15, -0.1) is 0 Å². The van der Waals surface area contributed by atoms with Gasteiger partial charge in [0, 0.05) is 16.8 Å². The Morgan fingerprint density at radius 3 is 2.24 bits per heavy atom. The fourth-order valence-electron chi connectivity index (χ4n) is 2.51. The van der Waals surface area contributed by atoms with Crippen LogP contribution in [0.25, 0.3) is 0 Å². The van der Waals surface area contributed by atoms with Gasteiger partial charge in [-0.2, -0.15) is 0 Å². The van der Waals surface area contributed by atoms with Gasteiger partial charge in [-0.3, -0.25) is 14.4 Å². The molecule has 128 valence electrons. The molecule has 1 aliphatic carbocycles. The van der Waals surface area contributed by atoms with Crippen molar-refractivity contribution in [1.29, 1.82) is 0 Å². The highest BCUT2D eigenvalue weighted by Gasteiger charge is 2.40. The molecule has 0 heterocycles. The Hall–Kier alpha value is -2.95. The van der Waals surface area contributed by atoms with E-state index in [9.17, 15) is 14.4 Å². The minimum atomic E-state index is -0.299. The first kappa shape index (κ1) is 16.9. The predicted molar refractivity (Wildman–Crippen MR) is 93.4 cm³/mol. The lowest BCUT2D eigenvalue weighted by atomic mass is 10.1. The Morgan fingerprint density at radius 1 is 1.00 bits per heavy atom. The average molecular weight is 337 g/mol. The van der Waals surface area contributed by atoms with Crippen molar-refractivity contribution in [3.8, 4) is 0 Å². The zero-order valence-corrected chi connectivity index (χ0v) is 13.9. The van der Waals surface area contributed by atoms with E-state index in [2.05, 4.69) is 5.32 Å². The molecule has 2 atom stereocenters. The lowest BCUT2D eigenvalue weighted by molar-refractivity contribution is -0.144. The molecule has 2 aromatic rings. The van der Waals surface area contributed by atoms with E-state index < -0.39 is 0 Å². The molecule has 3 rings (SSSR count). The first-order chi connectivity index (χ1) is 12.0. The zero-order chi connectivity index (χ0) is 17.8. The molecule has 1 aliphatic rings. The summed E-state index contributed by atoms with van der Waals surface area (Å²) in [7, 11) is 0. The molecule has 1 amide bonds. The summed E-state index contributed by atoms with van der Waals surface area (Å²) < 4.78 is 5.05. The Balaban J connectivity index is 1.53. The van der Waals surface area contributed by atoms with Gasteiger partial charge in [0.1, 0.15) is 0 Å². The van der Waals surface area contributed by atoms with Gasteiger partial charge in [-0.1, -0.05) is 25.1 Å². The number of nitrogens with one attached hydrogen (secondary N) is 1. The third-order valence-corrected chi connectivity index (χ3v) is 4.26. The van der Waals surface area contributed by atoms with Crippen LogP contribution in [0.3, 0.4) is 0 Å². The maximum absolute atomic E-state index is 12.1. The van der Waals surface area contributed by atoms with Crippen LogP contribution in [0.15, 0.2) is 54.6 Å². The third kappa shape index (κ3) is 4.32. The molecule has 0 spiro atoms. The van der Waals surface area contributed by atoms with Crippen molar-refractivity contribution >= 4 is 23.3 Å². The SMILES string of the molecule is C[C@@H]1C[C@H]1C(=O)OCC(=O)c1ccc(NC(=O)c2ccccc2)cc1.